The molecule has 2 rings (SSSR count). The molecule has 0 radical (unpaired) electrons. The fraction of sp³-hybridized carbons (Fsp3) is 0.500. The quantitative estimate of drug-likeness (QED) is 0.637. The summed E-state index contributed by atoms with van der Waals surface area (Å²) in [5, 5.41) is 0. The Morgan fingerprint density at radius 2 is 2.30 bits per heavy atom. The van der Waals surface area contributed by atoms with Gasteiger partial charge in [-0.05, 0) is 31.4 Å². The van der Waals surface area contributed by atoms with Crippen LogP contribution in [0.25, 0.3) is 0 Å². The summed E-state index contributed by atoms with van der Waals surface area (Å²) in [6.45, 7) is 2.03. The molecule has 0 aliphatic heterocycles. The Kier molecular flexibility index (Phi) is 0.980. The summed E-state index contributed by atoms with van der Waals surface area (Å²) in [5.41, 5.74) is 7.00. The third-order valence-corrected chi connectivity index (χ3v) is 2.10. The van der Waals surface area contributed by atoms with Crippen LogP contribution in [0.2, 0.25) is 0 Å². The van der Waals surface area contributed by atoms with Gasteiger partial charge in [0.2, 0.25) is 0 Å². The SMILES string of the molecule is Cc1ccoc1C1(N)CC1. The lowest BCUT2D eigenvalue weighted by atomic mass is 10.1. The molecule has 0 unspecified atom stereocenters. The molecule has 1 aromatic heterocycles. The first-order chi connectivity index (χ1) is 4.72. The van der Waals surface area contributed by atoms with Gasteiger partial charge < -0.3 is 10.2 Å². The summed E-state index contributed by atoms with van der Waals surface area (Å²) in [5.74, 6) is 0.979. The van der Waals surface area contributed by atoms with Gasteiger partial charge in [0, 0.05) is 0 Å². The molecule has 2 nitrogen and oxygen atoms in total. The topological polar surface area (TPSA) is 39.2 Å². The number of hydrogen-bond donors (Lipinski definition) is 1. The van der Waals surface area contributed by atoms with Gasteiger partial charge in [-0.15, -0.1) is 0 Å². The first kappa shape index (κ1) is 5.98. The van der Waals surface area contributed by atoms with Crippen LogP contribution in [0.4, 0.5) is 0 Å². The highest BCUT2D eigenvalue weighted by molar-refractivity contribution is 5.27. The summed E-state index contributed by atoms with van der Waals surface area (Å²) < 4.78 is 5.27. The summed E-state index contributed by atoms with van der Waals surface area (Å²) >= 11 is 0. The molecule has 2 N–H and O–H groups in total. The molecule has 0 aromatic carbocycles. The molecule has 54 valence electrons. The van der Waals surface area contributed by atoms with Crippen LogP contribution >= 0.6 is 0 Å². The molecule has 1 fully saturated rings. The van der Waals surface area contributed by atoms with E-state index in [1.165, 1.54) is 5.56 Å². The smallest absolute Gasteiger partial charge is 0.126 e. The van der Waals surface area contributed by atoms with Gasteiger partial charge in [-0.25, -0.2) is 0 Å². The highest BCUT2D eigenvalue weighted by Gasteiger charge is 2.43. The summed E-state index contributed by atoms with van der Waals surface area (Å²) in [6.07, 6.45) is 3.85. The Morgan fingerprint density at radius 1 is 1.60 bits per heavy atom. The van der Waals surface area contributed by atoms with Crippen LogP contribution in [-0.4, -0.2) is 0 Å². The highest BCUT2D eigenvalue weighted by atomic mass is 16.3. The van der Waals surface area contributed by atoms with Gasteiger partial charge in [0.25, 0.3) is 0 Å². The van der Waals surface area contributed by atoms with Crippen molar-refractivity contribution in [3.8, 4) is 0 Å². The lowest BCUT2D eigenvalue weighted by molar-refractivity contribution is 0.454. The van der Waals surface area contributed by atoms with Crippen molar-refractivity contribution < 1.29 is 4.42 Å². The van der Waals surface area contributed by atoms with Crippen molar-refractivity contribution in [1.82, 2.24) is 0 Å². The lowest BCUT2D eigenvalue weighted by Crippen LogP contribution is -2.18. The zero-order valence-electron chi connectivity index (χ0n) is 6.05. The van der Waals surface area contributed by atoms with E-state index in [1.54, 1.807) is 6.26 Å². The molecule has 1 aliphatic carbocycles. The first-order valence-corrected chi connectivity index (χ1v) is 3.56. The van der Waals surface area contributed by atoms with Crippen LogP contribution in [0.3, 0.4) is 0 Å². The Labute approximate surface area is 60.0 Å². The number of hydrogen-bond acceptors (Lipinski definition) is 2. The Hall–Kier alpha value is -0.760. The molecule has 1 saturated carbocycles. The van der Waals surface area contributed by atoms with Crippen molar-refractivity contribution in [2.24, 2.45) is 5.73 Å². The minimum Gasteiger partial charge on any atom is -0.467 e. The van der Waals surface area contributed by atoms with E-state index in [0.29, 0.717) is 0 Å². The van der Waals surface area contributed by atoms with Gasteiger partial charge in [-0.2, -0.15) is 0 Å². The molecule has 1 aliphatic rings. The molecule has 1 heterocycles. The average molecular weight is 137 g/mol. The van der Waals surface area contributed by atoms with Crippen LogP contribution in [0.5, 0.6) is 0 Å². The van der Waals surface area contributed by atoms with Crippen LogP contribution in [0.1, 0.15) is 24.2 Å². The van der Waals surface area contributed by atoms with E-state index in [4.69, 9.17) is 10.2 Å². The standard InChI is InChI=1S/C8H11NO/c1-6-2-5-10-7(6)8(9)3-4-8/h2,5H,3-4,9H2,1H3. The van der Waals surface area contributed by atoms with E-state index in [-0.39, 0.29) is 5.54 Å². The van der Waals surface area contributed by atoms with Gasteiger partial charge in [0.15, 0.2) is 0 Å². The van der Waals surface area contributed by atoms with Crippen LogP contribution in [0.15, 0.2) is 16.7 Å². The Morgan fingerprint density at radius 3 is 2.70 bits per heavy atom. The number of aryl methyl sites for hydroxylation is 1. The molecule has 2 heteroatoms. The molecule has 0 atom stereocenters. The monoisotopic (exact) mass is 137 g/mol. The minimum absolute atomic E-state index is 0.104. The van der Waals surface area contributed by atoms with Crippen LogP contribution in [-0.2, 0) is 5.54 Å². The maximum Gasteiger partial charge on any atom is 0.126 e. The molecule has 0 saturated heterocycles. The van der Waals surface area contributed by atoms with E-state index >= 15 is 0 Å². The molecule has 0 amide bonds. The summed E-state index contributed by atoms with van der Waals surface area (Å²) in [4.78, 5) is 0. The van der Waals surface area contributed by atoms with Crippen molar-refractivity contribution in [3.05, 3.63) is 23.7 Å². The predicted molar refractivity (Wildman–Crippen MR) is 38.5 cm³/mol. The number of nitrogens with two attached hydrogens (primary N) is 1. The Bertz CT molecular complexity index is 248. The van der Waals surface area contributed by atoms with Gasteiger partial charge in [-0.1, -0.05) is 0 Å². The Balaban J connectivity index is 2.42. The van der Waals surface area contributed by atoms with E-state index in [9.17, 15) is 0 Å². The predicted octanol–water partition coefficient (Wildman–Crippen LogP) is 1.54. The van der Waals surface area contributed by atoms with E-state index in [0.717, 1.165) is 18.6 Å². The lowest BCUT2D eigenvalue weighted by Gasteiger charge is -2.04. The van der Waals surface area contributed by atoms with Gasteiger partial charge in [-0.3, -0.25) is 0 Å². The zero-order chi connectivity index (χ0) is 7.19. The van der Waals surface area contributed by atoms with E-state index < -0.39 is 0 Å². The molecular formula is C8H11NO. The zero-order valence-corrected chi connectivity index (χ0v) is 6.05. The van der Waals surface area contributed by atoms with E-state index in [2.05, 4.69) is 0 Å². The second kappa shape index (κ2) is 1.64. The molecular weight excluding hydrogens is 126 g/mol. The highest BCUT2D eigenvalue weighted by Crippen LogP contribution is 2.44. The largest absolute Gasteiger partial charge is 0.467 e. The second-order valence-electron chi connectivity index (χ2n) is 3.09. The van der Waals surface area contributed by atoms with Crippen molar-refractivity contribution in [3.63, 3.8) is 0 Å². The fourth-order valence-corrected chi connectivity index (χ4v) is 1.24. The van der Waals surface area contributed by atoms with Gasteiger partial charge >= 0.3 is 0 Å². The fourth-order valence-electron chi connectivity index (χ4n) is 1.24. The van der Waals surface area contributed by atoms with Crippen molar-refractivity contribution in [2.75, 3.05) is 0 Å². The molecule has 10 heavy (non-hydrogen) atoms. The third kappa shape index (κ3) is 0.688. The average Bonchev–Trinajstić information content (AvgIpc) is 2.44. The number of furan rings is 1. The summed E-state index contributed by atoms with van der Waals surface area (Å²) in [7, 11) is 0. The van der Waals surface area contributed by atoms with Crippen molar-refractivity contribution >= 4 is 0 Å². The summed E-state index contributed by atoms with van der Waals surface area (Å²) in [6, 6.07) is 1.96. The molecule has 1 aromatic rings. The molecule has 0 bridgehead atoms. The van der Waals surface area contributed by atoms with Crippen molar-refractivity contribution in [1.29, 1.82) is 0 Å². The normalized spacial score (nSPS) is 21.0. The maximum absolute atomic E-state index is 5.92. The van der Waals surface area contributed by atoms with Crippen LogP contribution < -0.4 is 5.73 Å². The first-order valence-electron chi connectivity index (χ1n) is 3.56. The number of rotatable bonds is 1. The van der Waals surface area contributed by atoms with Gasteiger partial charge in [0.1, 0.15) is 5.76 Å². The van der Waals surface area contributed by atoms with Crippen molar-refractivity contribution in [2.45, 2.75) is 25.3 Å². The maximum atomic E-state index is 5.92. The van der Waals surface area contributed by atoms with E-state index in [1.807, 2.05) is 13.0 Å². The minimum atomic E-state index is -0.104. The van der Waals surface area contributed by atoms with Crippen LogP contribution in [0, 0.1) is 6.92 Å². The van der Waals surface area contributed by atoms with Gasteiger partial charge in [0.05, 0.1) is 11.8 Å². The third-order valence-electron chi connectivity index (χ3n) is 2.10. The molecule has 0 spiro atoms. The second-order valence-corrected chi connectivity index (χ2v) is 3.09.